The summed E-state index contributed by atoms with van der Waals surface area (Å²) in [5, 5.41) is 9.00. The predicted molar refractivity (Wildman–Crippen MR) is 74.8 cm³/mol. The first kappa shape index (κ1) is 14.5. The summed E-state index contributed by atoms with van der Waals surface area (Å²) in [5.74, 6) is 0.253. The van der Waals surface area contributed by atoms with Gasteiger partial charge in [-0.05, 0) is 24.1 Å². The van der Waals surface area contributed by atoms with Crippen molar-refractivity contribution < 1.29 is 19.4 Å². The van der Waals surface area contributed by atoms with Crippen LogP contribution in [-0.4, -0.2) is 36.2 Å². The largest absolute Gasteiger partial charge is 0.441 e. The Hall–Kier alpha value is -1.88. The lowest BCUT2D eigenvalue weighted by Crippen LogP contribution is -2.25. The number of ketones is 1. The average molecular weight is 277 g/mol. The van der Waals surface area contributed by atoms with E-state index in [0.29, 0.717) is 19.4 Å². The minimum Gasteiger partial charge on any atom is -0.441 e. The van der Waals surface area contributed by atoms with E-state index in [-0.39, 0.29) is 12.4 Å². The van der Waals surface area contributed by atoms with Crippen molar-refractivity contribution in [2.45, 2.75) is 32.3 Å². The first-order chi connectivity index (χ1) is 9.63. The molecular formula is C15H19NO4. The Labute approximate surface area is 118 Å². The van der Waals surface area contributed by atoms with Gasteiger partial charge in [-0.1, -0.05) is 19.1 Å². The second-order valence-corrected chi connectivity index (χ2v) is 4.86. The SMILES string of the molecule is CCC(=O)CCc1ccc(N2C[C@H](CO)OC2=O)cc1. The molecule has 20 heavy (non-hydrogen) atoms. The molecule has 1 fully saturated rings. The Morgan fingerprint density at radius 1 is 1.40 bits per heavy atom. The minimum atomic E-state index is -0.454. The van der Waals surface area contributed by atoms with Crippen LogP contribution in [0.1, 0.15) is 25.3 Å². The molecule has 1 N–H and O–H groups in total. The molecule has 1 aromatic carbocycles. The number of amides is 1. The molecule has 1 aliphatic heterocycles. The van der Waals surface area contributed by atoms with E-state index in [1.54, 1.807) is 0 Å². The molecule has 0 aliphatic carbocycles. The summed E-state index contributed by atoms with van der Waals surface area (Å²) in [6.45, 7) is 2.06. The monoisotopic (exact) mass is 277 g/mol. The Morgan fingerprint density at radius 3 is 2.65 bits per heavy atom. The highest BCUT2D eigenvalue weighted by Crippen LogP contribution is 2.22. The highest BCUT2D eigenvalue weighted by molar-refractivity contribution is 5.89. The molecule has 1 saturated heterocycles. The number of cyclic esters (lactones) is 1. The number of anilines is 1. The van der Waals surface area contributed by atoms with Gasteiger partial charge in [-0.15, -0.1) is 0 Å². The summed E-state index contributed by atoms with van der Waals surface area (Å²) < 4.78 is 4.99. The van der Waals surface area contributed by atoms with Crippen LogP contribution in [0, 0.1) is 0 Å². The molecule has 0 bridgehead atoms. The van der Waals surface area contributed by atoms with Crippen molar-refractivity contribution in [2.24, 2.45) is 0 Å². The fourth-order valence-corrected chi connectivity index (χ4v) is 2.13. The van der Waals surface area contributed by atoms with Gasteiger partial charge in [0.05, 0.1) is 13.2 Å². The van der Waals surface area contributed by atoms with Gasteiger partial charge in [0.1, 0.15) is 11.9 Å². The molecule has 1 aliphatic rings. The number of hydrogen-bond donors (Lipinski definition) is 1. The molecule has 108 valence electrons. The molecule has 1 aromatic rings. The second-order valence-electron chi connectivity index (χ2n) is 4.86. The summed E-state index contributed by atoms with van der Waals surface area (Å²) in [6, 6.07) is 7.51. The number of Topliss-reactive ketones (excluding diaryl/α,β-unsaturated/α-hetero) is 1. The van der Waals surface area contributed by atoms with Crippen LogP contribution in [0.15, 0.2) is 24.3 Å². The highest BCUT2D eigenvalue weighted by Gasteiger charge is 2.31. The van der Waals surface area contributed by atoms with Gasteiger partial charge in [-0.2, -0.15) is 0 Å². The summed E-state index contributed by atoms with van der Waals surface area (Å²) in [5.41, 5.74) is 1.82. The van der Waals surface area contributed by atoms with Gasteiger partial charge in [0.2, 0.25) is 0 Å². The van der Waals surface area contributed by atoms with E-state index in [1.165, 1.54) is 4.90 Å². The van der Waals surface area contributed by atoms with Crippen molar-refractivity contribution in [3.63, 3.8) is 0 Å². The standard InChI is InChI=1S/C15H19NO4/c1-2-13(18)8-5-11-3-6-12(7-4-11)16-9-14(10-17)20-15(16)19/h3-4,6-7,14,17H,2,5,8-10H2,1H3/t14-/m1/s1. The van der Waals surface area contributed by atoms with Gasteiger partial charge in [0.15, 0.2) is 0 Å². The second kappa shape index (κ2) is 6.52. The Bertz CT molecular complexity index is 483. The number of hydrogen-bond acceptors (Lipinski definition) is 4. The number of rotatable bonds is 6. The van der Waals surface area contributed by atoms with Gasteiger partial charge in [-0.3, -0.25) is 9.69 Å². The Morgan fingerprint density at radius 2 is 2.10 bits per heavy atom. The number of carbonyl (C=O) groups is 2. The normalized spacial score (nSPS) is 18.2. The van der Waals surface area contributed by atoms with Gasteiger partial charge in [0.25, 0.3) is 0 Å². The van der Waals surface area contributed by atoms with E-state index >= 15 is 0 Å². The van der Waals surface area contributed by atoms with E-state index in [1.807, 2.05) is 31.2 Å². The van der Waals surface area contributed by atoms with E-state index in [9.17, 15) is 9.59 Å². The molecule has 2 rings (SSSR count). The van der Waals surface area contributed by atoms with Crippen LogP contribution in [0.25, 0.3) is 0 Å². The lowest BCUT2D eigenvalue weighted by atomic mass is 10.1. The first-order valence-electron chi connectivity index (χ1n) is 6.83. The van der Waals surface area contributed by atoms with Crippen LogP contribution < -0.4 is 4.90 Å². The minimum absolute atomic E-state index is 0.167. The zero-order valence-electron chi connectivity index (χ0n) is 11.5. The van der Waals surface area contributed by atoms with Gasteiger partial charge >= 0.3 is 6.09 Å². The molecule has 5 nitrogen and oxygen atoms in total. The van der Waals surface area contributed by atoms with Crippen LogP contribution in [0.3, 0.4) is 0 Å². The number of aryl methyl sites for hydroxylation is 1. The van der Waals surface area contributed by atoms with Crippen molar-refractivity contribution in [1.82, 2.24) is 0 Å². The lowest BCUT2D eigenvalue weighted by Gasteiger charge is -2.13. The predicted octanol–water partition coefficient (Wildman–Crippen LogP) is 1.92. The third-order valence-electron chi connectivity index (χ3n) is 3.41. The van der Waals surface area contributed by atoms with Gasteiger partial charge in [0, 0.05) is 18.5 Å². The number of aliphatic hydroxyl groups is 1. The molecular weight excluding hydrogens is 258 g/mol. The Kier molecular flexibility index (Phi) is 4.74. The first-order valence-corrected chi connectivity index (χ1v) is 6.83. The van der Waals surface area contributed by atoms with Crippen molar-refractivity contribution >= 4 is 17.6 Å². The van der Waals surface area contributed by atoms with E-state index < -0.39 is 12.2 Å². The van der Waals surface area contributed by atoms with Crippen molar-refractivity contribution in [3.8, 4) is 0 Å². The van der Waals surface area contributed by atoms with Crippen molar-refractivity contribution in [3.05, 3.63) is 29.8 Å². The molecule has 0 unspecified atom stereocenters. The average Bonchev–Trinajstić information content (AvgIpc) is 2.86. The van der Waals surface area contributed by atoms with E-state index in [0.717, 1.165) is 17.7 Å². The summed E-state index contributed by atoms with van der Waals surface area (Å²) in [4.78, 5) is 24.4. The third kappa shape index (κ3) is 3.36. The molecule has 1 amide bonds. The topological polar surface area (TPSA) is 66.8 Å². The molecule has 0 saturated carbocycles. The maximum atomic E-state index is 11.6. The quantitative estimate of drug-likeness (QED) is 0.862. The van der Waals surface area contributed by atoms with Crippen LogP contribution >= 0.6 is 0 Å². The summed E-state index contributed by atoms with van der Waals surface area (Å²) in [6.07, 6.45) is 0.952. The number of nitrogens with zero attached hydrogens (tertiary/aromatic N) is 1. The maximum absolute atomic E-state index is 11.6. The number of aliphatic hydroxyl groups excluding tert-OH is 1. The molecule has 0 radical (unpaired) electrons. The third-order valence-corrected chi connectivity index (χ3v) is 3.41. The van der Waals surface area contributed by atoms with E-state index in [4.69, 9.17) is 9.84 Å². The summed E-state index contributed by atoms with van der Waals surface area (Å²) in [7, 11) is 0. The fraction of sp³-hybridized carbons (Fsp3) is 0.467. The van der Waals surface area contributed by atoms with Gasteiger partial charge < -0.3 is 9.84 Å². The fourth-order valence-electron chi connectivity index (χ4n) is 2.13. The molecule has 0 spiro atoms. The zero-order valence-corrected chi connectivity index (χ0v) is 11.5. The van der Waals surface area contributed by atoms with Crippen molar-refractivity contribution in [2.75, 3.05) is 18.1 Å². The van der Waals surface area contributed by atoms with Crippen LogP contribution in [0.5, 0.6) is 0 Å². The summed E-state index contributed by atoms with van der Waals surface area (Å²) >= 11 is 0. The molecule has 5 heteroatoms. The van der Waals surface area contributed by atoms with E-state index in [2.05, 4.69) is 0 Å². The number of ether oxygens (including phenoxy) is 1. The number of carbonyl (C=O) groups excluding carboxylic acids is 2. The smallest absolute Gasteiger partial charge is 0.414 e. The molecule has 1 heterocycles. The van der Waals surface area contributed by atoms with Crippen molar-refractivity contribution in [1.29, 1.82) is 0 Å². The van der Waals surface area contributed by atoms with Gasteiger partial charge in [-0.25, -0.2) is 4.79 Å². The van der Waals surface area contributed by atoms with Crippen LogP contribution in [0.4, 0.5) is 10.5 Å². The zero-order chi connectivity index (χ0) is 14.5. The number of benzene rings is 1. The Balaban J connectivity index is 1.98. The van der Waals surface area contributed by atoms with Crippen LogP contribution in [-0.2, 0) is 16.0 Å². The van der Waals surface area contributed by atoms with Crippen LogP contribution in [0.2, 0.25) is 0 Å². The lowest BCUT2D eigenvalue weighted by molar-refractivity contribution is -0.118. The molecule has 0 aromatic heterocycles. The molecule has 1 atom stereocenters. The highest BCUT2D eigenvalue weighted by atomic mass is 16.6. The maximum Gasteiger partial charge on any atom is 0.414 e.